The minimum Gasteiger partial charge on any atom is -0.444 e. The number of aromatic nitrogens is 2. The summed E-state index contributed by atoms with van der Waals surface area (Å²) in [7, 11) is 0. The predicted molar refractivity (Wildman–Crippen MR) is 125 cm³/mol. The van der Waals surface area contributed by atoms with Crippen molar-refractivity contribution in [1.82, 2.24) is 30.2 Å². The molecular weight excluding hydrogens is 394 g/mol. The van der Waals surface area contributed by atoms with E-state index in [0.29, 0.717) is 13.1 Å². The van der Waals surface area contributed by atoms with E-state index in [1.54, 1.807) is 4.90 Å². The molecule has 1 aliphatic rings. The second-order valence-electron chi connectivity index (χ2n) is 9.00. The predicted octanol–water partition coefficient (Wildman–Crippen LogP) is 2.00. The molecule has 1 aromatic heterocycles. The monoisotopic (exact) mass is 435 g/mol. The average molecular weight is 436 g/mol. The number of hydrogen-bond donors (Lipinski definition) is 2. The summed E-state index contributed by atoms with van der Waals surface area (Å²) < 4.78 is 7.51. The first-order valence-electron chi connectivity index (χ1n) is 11.4. The number of aliphatic imine (C=N–C) groups is 1. The van der Waals surface area contributed by atoms with Crippen molar-refractivity contribution in [3.8, 4) is 0 Å². The van der Waals surface area contributed by atoms with Gasteiger partial charge in [-0.2, -0.15) is 5.10 Å². The third-order valence-corrected chi connectivity index (χ3v) is 4.99. The summed E-state index contributed by atoms with van der Waals surface area (Å²) in [5, 5.41) is 11.2. The highest BCUT2D eigenvalue weighted by molar-refractivity contribution is 5.79. The topological polar surface area (TPSA) is 87.0 Å². The number of ether oxygens (including phenoxy) is 1. The Bertz CT molecular complexity index is 716. The maximum absolute atomic E-state index is 12.2. The van der Waals surface area contributed by atoms with Gasteiger partial charge in [0.15, 0.2) is 5.96 Å². The molecule has 0 saturated carbocycles. The zero-order valence-electron chi connectivity index (χ0n) is 20.2. The van der Waals surface area contributed by atoms with Gasteiger partial charge in [0, 0.05) is 64.6 Å². The summed E-state index contributed by atoms with van der Waals surface area (Å²) in [6.07, 6.45) is 0.734. The summed E-state index contributed by atoms with van der Waals surface area (Å²) in [6, 6.07) is 2.10. The zero-order chi connectivity index (χ0) is 22.9. The van der Waals surface area contributed by atoms with E-state index in [1.165, 1.54) is 5.69 Å². The van der Waals surface area contributed by atoms with Crippen molar-refractivity contribution < 1.29 is 9.53 Å². The quantitative estimate of drug-likeness (QED) is 0.369. The molecule has 0 bridgehead atoms. The van der Waals surface area contributed by atoms with Crippen molar-refractivity contribution in [3.63, 3.8) is 0 Å². The highest BCUT2D eigenvalue weighted by Crippen LogP contribution is 2.11. The second kappa shape index (κ2) is 11.9. The first-order chi connectivity index (χ1) is 14.7. The van der Waals surface area contributed by atoms with E-state index in [1.807, 2.05) is 32.4 Å². The lowest BCUT2D eigenvalue weighted by molar-refractivity contribution is 0.0147. The Labute approximate surface area is 187 Å². The molecule has 0 aromatic carbocycles. The summed E-state index contributed by atoms with van der Waals surface area (Å²) in [6.45, 7) is 19.2. The van der Waals surface area contributed by atoms with Gasteiger partial charge < -0.3 is 20.3 Å². The Morgan fingerprint density at radius 1 is 1.16 bits per heavy atom. The van der Waals surface area contributed by atoms with Crippen LogP contribution in [0.4, 0.5) is 4.79 Å². The number of nitrogens with one attached hydrogen (secondary N) is 2. The fourth-order valence-electron chi connectivity index (χ4n) is 3.47. The first kappa shape index (κ1) is 25.0. The fourth-order valence-corrected chi connectivity index (χ4v) is 3.47. The van der Waals surface area contributed by atoms with Gasteiger partial charge in [-0.1, -0.05) is 0 Å². The van der Waals surface area contributed by atoms with Gasteiger partial charge >= 0.3 is 6.09 Å². The molecule has 2 heterocycles. The van der Waals surface area contributed by atoms with Crippen molar-refractivity contribution in [3.05, 3.63) is 17.5 Å². The molecule has 0 spiro atoms. The lowest BCUT2D eigenvalue weighted by atomic mass is 10.2. The van der Waals surface area contributed by atoms with Crippen LogP contribution in [0.25, 0.3) is 0 Å². The van der Waals surface area contributed by atoms with Gasteiger partial charge in [-0.25, -0.2) is 4.79 Å². The molecule has 1 aliphatic heterocycles. The molecular formula is C22H41N7O2. The third-order valence-electron chi connectivity index (χ3n) is 4.99. The van der Waals surface area contributed by atoms with Gasteiger partial charge in [-0.05, 0) is 54.0 Å². The van der Waals surface area contributed by atoms with Crippen LogP contribution >= 0.6 is 0 Å². The smallest absolute Gasteiger partial charge is 0.410 e. The molecule has 176 valence electrons. The molecule has 0 radical (unpaired) electrons. The number of carbonyl (C=O) groups is 1. The molecule has 0 aliphatic carbocycles. The largest absolute Gasteiger partial charge is 0.444 e. The number of amides is 1. The Morgan fingerprint density at radius 3 is 2.45 bits per heavy atom. The van der Waals surface area contributed by atoms with Crippen LogP contribution in [0.2, 0.25) is 0 Å². The Morgan fingerprint density at radius 2 is 1.87 bits per heavy atom. The van der Waals surface area contributed by atoms with Crippen LogP contribution in [0.1, 0.15) is 45.5 Å². The summed E-state index contributed by atoms with van der Waals surface area (Å²) in [4.78, 5) is 21.0. The SMILES string of the molecule is CCNC(=NCCCn1nc(C)cc1C)NCCN1CCN(C(=O)OC(C)(C)C)CC1. The molecule has 1 amide bonds. The number of hydrogen-bond acceptors (Lipinski definition) is 5. The molecule has 31 heavy (non-hydrogen) atoms. The summed E-state index contributed by atoms with van der Waals surface area (Å²) >= 11 is 0. The van der Waals surface area contributed by atoms with Gasteiger partial charge in [-0.3, -0.25) is 14.6 Å². The molecule has 1 fully saturated rings. The van der Waals surface area contributed by atoms with Crippen LogP contribution in [0.15, 0.2) is 11.1 Å². The summed E-state index contributed by atoms with van der Waals surface area (Å²) in [5.74, 6) is 0.850. The van der Waals surface area contributed by atoms with Crippen LogP contribution in [-0.4, -0.2) is 89.6 Å². The highest BCUT2D eigenvalue weighted by atomic mass is 16.6. The molecule has 9 heteroatoms. The third kappa shape index (κ3) is 9.16. The van der Waals surface area contributed by atoms with Gasteiger partial charge in [0.25, 0.3) is 0 Å². The Kier molecular flexibility index (Phi) is 9.61. The van der Waals surface area contributed by atoms with E-state index in [0.717, 1.165) is 63.9 Å². The van der Waals surface area contributed by atoms with E-state index in [-0.39, 0.29) is 6.09 Å². The van der Waals surface area contributed by atoms with E-state index in [2.05, 4.69) is 45.5 Å². The highest BCUT2D eigenvalue weighted by Gasteiger charge is 2.25. The minimum absolute atomic E-state index is 0.215. The molecule has 2 rings (SSSR count). The molecule has 9 nitrogen and oxygen atoms in total. The number of piperazine rings is 1. The molecule has 2 N–H and O–H groups in total. The normalized spacial score (nSPS) is 15.8. The molecule has 1 saturated heterocycles. The van der Waals surface area contributed by atoms with Crippen molar-refractivity contribution in [1.29, 1.82) is 0 Å². The van der Waals surface area contributed by atoms with Crippen molar-refractivity contribution in [2.75, 3.05) is 52.4 Å². The van der Waals surface area contributed by atoms with Crippen LogP contribution < -0.4 is 10.6 Å². The van der Waals surface area contributed by atoms with Crippen LogP contribution in [0.5, 0.6) is 0 Å². The molecule has 1 aromatic rings. The summed E-state index contributed by atoms with van der Waals surface area (Å²) in [5.41, 5.74) is 1.80. The van der Waals surface area contributed by atoms with Gasteiger partial charge in [-0.15, -0.1) is 0 Å². The van der Waals surface area contributed by atoms with Crippen molar-refractivity contribution >= 4 is 12.1 Å². The maximum Gasteiger partial charge on any atom is 0.410 e. The maximum atomic E-state index is 12.2. The van der Waals surface area contributed by atoms with Crippen molar-refractivity contribution in [2.45, 2.75) is 60.1 Å². The first-order valence-corrected chi connectivity index (χ1v) is 11.4. The number of rotatable bonds is 8. The van der Waals surface area contributed by atoms with Crippen LogP contribution in [0, 0.1) is 13.8 Å². The Hall–Kier alpha value is -2.29. The van der Waals surface area contributed by atoms with Gasteiger partial charge in [0.05, 0.1) is 5.69 Å². The lowest BCUT2D eigenvalue weighted by Crippen LogP contribution is -2.51. The standard InChI is InChI=1S/C22H41N7O2/c1-7-23-20(24-9-8-11-29-19(3)17-18(2)26-29)25-10-12-27-13-15-28(16-14-27)21(30)31-22(4,5)6/h17H,7-16H2,1-6H3,(H2,23,24,25). The van der Waals surface area contributed by atoms with E-state index in [4.69, 9.17) is 4.74 Å². The number of guanidine groups is 1. The fraction of sp³-hybridized carbons (Fsp3) is 0.773. The van der Waals surface area contributed by atoms with E-state index >= 15 is 0 Å². The van der Waals surface area contributed by atoms with Crippen molar-refractivity contribution in [2.24, 2.45) is 4.99 Å². The second-order valence-corrected chi connectivity index (χ2v) is 9.00. The Balaban J connectivity index is 1.67. The van der Waals surface area contributed by atoms with E-state index in [9.17, 15) is 4.79 Å². The van der Waals surface area contributed by atoms with Gasteiger partial charge in [0.2, 0.25) is 0 Å². The minimum atomic E-state index is -0.448. The van der Waals surface area contributed by atoms with E-state index < -0.39 is 5.60 Å². The average Bonchev–Trinajstić information content (AvgIpc) is 3.01. The molecule has 0 unspecified atom stereocenters. The lowest BCUT2D eigenvalue weighted by Gasteiger charge is -2.35. The number of nitrogens with zero attached hydrogens (tertiary/aromatic N) is 5. The van der Waals surface area contributed by atoms with Crippen LogP contribution in [-0.2, 0) is 11.3 Å². The number of carbonyl (C=O) groups excluding carboxylic acids is 1. The van der Waals surface area contributed by atoms with Crippen LogP contribution in [0.3, 0.4) is 0 Å². The zero-order valence-corrected chi connectivity index (χ0v) is 20.2. The molecule has 0 atom stereocenters. The number of aryl methyl sites for hydroxylation is 3. The van der Waals surface area contributed by atoms with Gasteiger partial charge in [0.1, 0.15) is 5.60 Å².